The van der Waals surface area contributed by atoms with Gasteiger partial charge in [0.1, 0.15) is 5.82 Å². The van der Waals surface area contributed by atoms with E-state index in [9.17, 15) is 0 Å². The molecular formula is C14H21N3S. The molecule has 2 heterocycles. The van der Waals surface area contributed by atoms with Gasteiger partial charge in [-0.05, 0) is 31.3 Å². The summed E-state index contributed by atoms with van der Waals surface area (Å²) in [5, 5.41) is 5.71. The van der Waals surface area contributed by atoms with Gasteiger partial charge in [0.15, 0.2) is 0 Å². The molecule has 1 N–H and O–H groups in total. The molecule has 2 aromatic heterocycles. The third-order valence-electron chi connectivity index (χ3n) is 3.09. The van der Waals surface area contributed by atoms with Crippen LogP contribution in [-0.4, -0.2) is 22.1 Å². The van der Waals surface area contributed by atoms with E-state index in [1.165, 1.54) is 10.7 Å². The van der Waals surface area contributed by atoms with Gasteiger partial charge < -0.3 is 9.88 Å². The molecule has 0 aliphatic rings. The van der Waals surface area contributed by atoms with E-state index in [-0.39, 0.29) is 0 Å². The van der Waals surface area contributed by atoms with Gasteiger partial charge in [-0.1, -0.05) is 13.0 Å². The number of aromatic nitrogens is 2. The molecule has 0 aliphatic heterocycles. The first-order chi connectivity index (χ1) is 8.83. The molecule has 4 heteroatoms. The molecule has 0 spiro atoms. The summed E-state index contributed by atoms with van der Waals surface area (Å²) in [5.41, 5.74) is 0. The Morgan fingerprint density at radius 1 is 1.39 bits per heavy atom. The van der Waals surface area contributed by atoms with Crippen molar-refractivity contribution in [2.45, 2.75) is 39.3 Å². The average molecular weight is 263 g/mol. The van der Waals surface area contributed by atoms with Gasteiger partial charge >= 0.3 is 0 Å². The summed E-state index contributed by atoms with van der Waals surface area (Å²) in [6.45, 7) is 6.32. The van der Waals surface area contributed by atoms with Crippen LogP contribution in [-0.2, 0) is 19.4 Å². The lowest BCUT2D eigenvalue weighted by molar-refractivity contribution is 0.501. The van der Waals surface area contributed by atoms with E-state index >= 15 is 0 Å². The minimum Gasteiger partial charge on any atom is -0.335 e. The molecule has 2 aromatic rings. The van der Waals surface area contributed by atoms with Gasteiger partial charge in [0.25, 0.3) is 0 Å². The van der Waals surface area contributed by atoms with Crippen molar-refractivity contribution in [1.29, 1.82) is 0 Å². The second-order valence-electron chi connectivity index (χ2n) is 4.37. The van der Waals surface area contributed by atoms with Crippen LogP contribution in [0.3, 0.4) is 0 Å². The Morgan fingerprint density at radius 3 is 2.94 bits per heavy atom. The van der Waals surface area contributed by atoms with Crippen LogP contribution >= 0.6 is 11.3 Å². The fraction of sp³-hybridized carbons (Fsp3) is 0.500. The fourth-order valence-electron chi connectivity index (χ4n) is 2.22. The maximum Gasteiger partial charge on any atom is 0.110 e. The van der Waals surface area contributed by atoms with Crippen molar-refractivity contribution in [3.05, 3.63) is 40.6 Å². The molecule has 3 nitrogen and oxygen atoms in total. The Balaban J connectivity index is 2.01. The van der Waals surface area contributed by atoms with Crippen molar-refractivity contribution in [3.8, 4) is 0 Å². The zero-order valence-electron chi connectivity index (χ0n) is 11.1. The van der Waals surface area contributed by atoms with Gasteiger partial charge in [-0.2, -0.15) is 0 Å². The van der Waals surface area contributed by atoms with Gasteiger partial charge in [0.2, 0.25) is 0 Å². The Morgan fingerprint density at radius 2 is 2.28 bits per heavy atom. The van der Waals surface area contributed by atoms with E-state index < -0.39 is 0 Å². The van der Waals surface area contributed by atoms with Crippen molar-refractivity contribution < 1.29 is 0 Å². The minimum absolute atomic E-state index is 0.473. The number of aryl methyl sites for hydroxylation is 1. The van der Waals surface area contributed by atoms with E-state index in [0.29, 0.717) is 6.04 Å². The summed E-state index contributed by atoms with van der Waals surface area (Å²) in [4.78, 5) is 5.91. The largest absolute Gasteiger partial charge is 0.335 e. The molecule has 0 saturated carbocycles. The quantitative estimate of drug-likeness (QED) is 0.832. The Hall–Kier alpha value is -1.13. The molecule has 1 atom stereocenters. The Kier molecular flexibility index (Phi) is 4.96. The first-order valence-electron chi connectivity index (χ1n) is 6.59. The fourth-order valence-corrected chi connectivity index (χ4v) is 3.00. The molecule has 0 aromatic carbocycles. The predicted octanol–water partition coefficient (Wildman–Crippen LogP) is 2.73. The zero-order chi connectivity index (χ0) is 12.8. The second-order valence-corrected chi connectivity index (χ2v) is 5.40. The highest BCUT2D eigenvalue weighted by Gasteiger charge is 2.13. The third kappa shape index (κ3) is 3.43. The molecule has 0 radical (unpaired) electrons. The minimum atomic E-state index is 0.473. The molecule has 0 saturated heterocycles. The maximum atomic E-state index is 4.46. The van der Waals surface area contributed by atoms with Crippen molar-refractivity contribution in [2.24, 2.45) is 0 Å². The summed E-state index contributed by atoms with van der Waals surface area (Å²) in [6.07, 6.45) is 6.03. The van der Waals surface area contributed by atoms with Gasteiger partial charge in [0.05, 0.1) is 0 Å². The summed E-state index contributed by atoms with van der Waals surface area (Å²) in [6, 6.07) is 4.80. The molecule has 18 heavy (non-hydrogen) atoms. The van der Waals surface area contributed by atoms with Crippen LogP contribution in [0.1, 0.15) is 24.5 Å². The van der Waals surface area contributed by atoms with Crippen molar-refractivity contribution in [3.63, 3.8) is 0 Å². The number of rotatable bonds is 7. The monoisotopic (exact) mass is 263 g/mol. The summed E-state index contributed by atoms with van der Waals surface area (Å²) in [5.74, 6) is 1.18. The number of hydrogen-bond donors (Lipinski definition) is 1. The van der Waals surface area contributed by atoms with Gasteiger partial charge in [0, 0.05) is 36.3 Å². The lowest BCUT2D eigenvalue weighted by Gasteiger charge is -2.17. The summed E-state index contributed by atoms with van der Waals surface area (Å²) >= 11 is 1.83. The van der Waals surface area contributed by atoms with E-state index in [0.717, 1.165) is 25.9 Å². The summed E-state index contributed by atoms with van der Waals surface area (Å²) < 4.78 is 2.22. The van der Waals surface area contributed by atoms with Crippen LogP contribution in [0.2, 0.25) is 0 Å². The van der Waals surface area contributed by atoms with Crippen LogP contribution in [0.25, 0.3) is 0 Å². The Bertz CT molecular complexity index is 447. The lowest BCUT2D eigenvalue weighted by atomic mass is 10.1. The van der Waals surface area contributed by atoms with Crippen LogP contribution in [0, 0.1) is 0 Å². The molecule has 0 aliphatic carbocycles. The molecule has 98 valence electrons. The maximum absolute atomic E-state index is 4.46. The highest BCUT2D eigenvalue weighted by Crippen LogP contribution is 2.13. The molecule has 0 amide bonds. The van der Waals surface area contributed by atoms with E-state index in [1.807, 2.05) is 17.5 Å². The van der Waals surface area contributed by atoms with Crippen LogP contribution in [0.15, 0.2) is 29.9 Å². The zero-order valence-corrected chi connectivity index (χ0v) is 11.9. The van der Waals surface area contributed by atoms with Crippen LogP contribution < -0.4 is 5.32 Å². The first kappa shape index (κ1) is 13.3. The molecule has 0 bridgehead atoms. The second kappa shape index (κ2) is 6.71. The van der Waals surface area contributed by atoms with E-state index in [1.54, 1.807) is 0 Å². The standard InChI is InChI=1S/C14H21N3S/c1-3-15-12(10-13-6-5-9-18-13)11-14-16-7-8-17(14)4-2/h5-9,12,15H,3-4,10-11H2,1-2H3. The Labute approximate surface area is 113 Å². The predicted molar refractivity (Wildman–Crippen MR) is 77.1 cm³/mol. The first-order valence-corrected chi connectivity index (χ1v) is 7.47. The average Bonchev–Trinajstić information content (AvgIpc) is 3.00. The highest BCUT2D eigenvalue weighted by molar-refractivity contribution is 7.09. The van der Waals surface area contributed by atoms with Crippen molar-refractivity contribution >= 4 is 11.3 Å². The van der Waals surface area contributed by atoms with E-state index in [4.69, 9.17) is 0 Å². The smallest absolute Gasteiger partial charge is 0.110 e. The van der Waals surface area contributed by atoms with Gasteiger partial charge in [-0.3, -0.25) is 0 Å². The van der Waals surface area contributed by atoms with Crippen LogP contribution in [0.4, 0.5) is 0 Å². The molecule has 2 rings (SSSR count). The van der Waals surface area contributed by atoms with E-state index in [2.05, 4.69) is 52.4 Å². The van der Waals surface area contributed by atoms with Crippen LogP contribution in [0.5, 0.6) is 0 Å². The van der Waals surface area contributed by atoms with Crippen molar-refractivity contribution in [1.82, 2.24) is 14.9 Å². The van der Waals surface area contributed by atoms with Gasteiger partial charge in [-0.25, -0.2) is 4.98 Å². The SMILES string of the molecule is CCNC(Cc1cccs1)Cc1nccn1CC. The number of hydrogen-bond acceptors (Lipinski definition) is 3. The summed E-state index contributed by atoms with van der Waals surface area (Å²) in [7, 11) is 0. The molecular weight excluding hydrogens is 242 g/mol. The molecule has 0 fully saturated rings. The highest BCUT2D eigenvalue weighted by atomic mass is 32.1. The topological polar surface area (TPSA) is 29.9 Å². The lowest BCUT2D eigenvalue weighted by Crippen LogP contribution is -2.33. The normalized spacial score (nSPS) is 12.8. The number of thiophene rings is 1. The number of nitrogens with zero attached hydrogens (tertiary/aromatic N) is 2. The third-order valence-corrected chi connectivity index (χ3v) is 3.99. The number of likely N-dealkylation sites (N-methyl/N-ethyl adjacent to an activating group) is 1. The van der Waals surface area contributed by atoms with Gasteiger partial charge in [-0.15, -0.1) is 11.3 Å². The number of imidazole rings is 1. The van der Waals surface area contributed by atoms with Crippen molar-refractivity contribution in [2.75, 3.05) is 6.54 Å². The number of nitrogens with one attached hydrogen (secondary N) is 1. The molecule has 1 unspecified atom stereocenters.